The molecular weight excluding hydrogens is 1390 g/mol. The van der Waals surface area contributed by atoms with Gasteiger partial charge in [0.05, 0.1) is 72.0 Å². The molecule has 0 saturated carbocycles. The van der Waals surface area contributed by atoms with Gasteiger partial charge in [-0.3, -0.25) is 0 Å². The zero-order valence-electron chi connectivity index (χ0n) is 74.6. The summed E-state index contributed by atoms with van der Waals surface area (Å²) < 4.78 is 85.0. The highest BCUT2D eigenvalue weighted by molar-refractivity contribution is 7.00. The third kappa shape index (κ3) is 10.9. The number of nitrogens with zero attached hydrogens (tertiary/aromatic N) is 7. The van der Waals surface area contributed by atoms with Gasteiger partial charge in [-0.2, -0.15) is 5.26 Å². The van der Waals surface area contributed by atoms with Crippen LogP contribution in [0.1, 0.15) is 122 Å². The van der Waals surface area contributed by atoms with Gasteiger partial charge in [-0.15, -0.1) is 0 Å². The van der Waals surface area contributed by atoms with Crippen molar-refractivity contribution in [3.63, 3.8) is 0 Å². The van der Waals surface area contributed by atoms with E-state index in [1.54, 1.807) is 4.57 Å². The molecule has 0 N–H and O–H groups in total. The van der Waals surface area contributed by atoms with Gasteiger partial charge < -0.3 is 28.1 Å². The minimum atomic E-state index is -0.581. The number of aromatic nitrogens is 4. The van der Waals surface area contributed by atoms with Crippen LogP contribution in [0.15, 0.2) is 315 Å². The Balaban J connectivity index is 0.953. The quantitative estimate of drug-likeness (QED) is 0.142. The van der Waals surface area contributed by atoms with Crippen LogP contribution in [0, 0.1) is 11.3 Å². The lowest BCUT2D eigenvalue weighted by atomic mass is 9.33. The molecule has 0 fully saturated rings. The number of para-hydroxylation sites is 4. The molecule has 15 aromatic carbocycles. The first kappa shape index (κ1) is 61.3. The first-order valence-corrected chi connectivity index (χ1v) is 39.9. The Morgan fingerprint density at radius 2 is 0.626 bits per heavy atom. The Morgan fingerprint density at radius 3 is 1.05 bits per heavy atom. The van der Waals surface area contributed by atoms with Crippen LogP contribution in [-0.4, -0.2) is 25.0 Å². The van der Waals surface area contributed by atoms with Crippen LogP contribution in [0.5, 0.6) is 0 Å². The summed E-state index contributed by atoms with van der Waals surface area (Å²) in [6.07, 6.45) is 0. The number of rotatable bonds is 8. The molecule has 2 aliphatic heterocycles. The fraction of sp³-hybridized carbons (Fsp3) is 0.150. The molecule has 0 amide bonds. The monoisotopic (exact) mass is 1490 g/mol. The van der Waals surface area contributed by atoms with Gasteiger partial charge in [0.15, 0.2) is 0 Å². The normalized spacial score (nSPS) is 14.1. The average Bonchev–Trinajstić information content (AvgIpc) is 1.22. The highest BCUT2D eigenvalue weighted by atomic mass is 15.2. The highest BCUT2D eigenvalue weighted by Crippen LogP contribution is 2.51. The summed E-state index contributed by atoms with van der Waals surface area (Å²) in [6, 6.07) is 95.6. The van der Waals surface area contributed by atoms with Gasteiger partial charge in [-0.05, 0) is 228 Å². The molecule has 4 aromatic heterocycles. The Hall–Kier alpha value is -13.3. The maximum atomic E-state index is 11.7. The molecule has 115 heavy (non-hydrogen) atoms. The molecule has 0 saturated heterocycles. The van der Waals surface area contributed by atoms with Gasteiger partial charge in [-0.1, -0.05) is 253 Å². The minimum absolute atomic E-state index is 0.00978. The molecule has 19 aromatic rings. The molecule has 0 atom stereocenters. The van der Waals surface area contributed by atoms with E-state index in [1.807, 2.05) is 24.3 Å². The van der Waals surface area contributed by atoms with Gasteiger partial charge in [-0.25, -0.2) is 0 Å². The summed E-state index contributed by atoms with van der Waals surface area (Å²) in [7, 11) is 0. The van der Waals surface area contributed by atoms with Crippen LogP contribution in [0.3, 0.4) is 0 Å². The molecule has 554 valence electrons. The van der Waals surface area contributed by atoms with Crippen molar-refractivity contribution in [1.82, 2.24) is 18.3 Å². The third-order valence-corrected chi connectivity index (χ3v) is 24.4. The number of hydrogen-bond acceptors (Lipinski definition) is 3. The largest absolute Gasteiger partial charge is 0.311 e. The number of anilines is 6. The van der Waals surface area contributed by atoms with Crippen molar-refractivity contribution in [1.29, 1.82) is 5.26 Å². The van der Waals surface area contributed by atoms with Gasteiger partial charge in [0, 0.05) is 88.6 Å². The standard InChI is InChI=1S/C107H88BN7/c1-104(2,3)71-40-49-94-84(56-71)85-57-72(105(4,5)6)41-50-95(85)111(94)77-46-47-88-99(61-77)112(75-44-39-68(65-109)98(60-75)115-92-37-25-21-33-82(92)83-34-22-26-38-93(83)115)101-63-79(113-96-51-42-73(106(7,8)9)58-86(96)87-59-74(107(10,11)12)43-52-97(87)113)64-102-103(101)108(88)89-48-45-76(110-90-35-23-19-31-80(90)81-32-20-24-36-91(81)110)62-100(89)114(102)78-54-69(66-27-15-13-16-28-66)53-70(55-78)67-29-17-14-18-30-67/h13-64H,1-12H3/i19D,20D,23D,24D,31D,32D,35D,36D. The smallest absolute Gasteiger partial charge is 0.252 e. The number of benzene rings is 15. The average molecular weight is 1490 g/mol. The molecule has 6 heterocycles. The van der Waals surface area contributed by atoms with E-state index in [0.717, 1.165) is 144 Å². The second-order valence-electron chi connectivity index (χ2n) is 35.6. The van der Waals surface area contributed by atoms with Gasteiger partial charge in [0.25, 0.3) is 6.71 Å². The van der Waals surface area contributed by atoms with Crippen LogP contribution in [0.2, 0.25) is 0 Å². The summed E-state index contributed by atoms with van der Waals surface area (Å²) in [4.78, 5) is 4.82. The fourth-order valence-corrected chi connectivity index (χ4v) is 18.5. The van der Waals surface area contributed by atoms with E-state index >= 15 is 0 Å². The molecule has 21 rings (SSSR count). The van der Waals surface area contributed by atoms with E-state index in [0.29, 0.717) is 22.6 Å². The van der Waals surface area contributed by atoms with E-state index in [1.165, 1.54) is 22.3 Å². The summed E-state index contributed by atoms with van der Waals surface area (Å²) >= 11 is 0. The molecular formula is C107H88BN7. The van der Waals surface area contributed by atoms with Crippen molar-refractivity contribution in [2.45, 2.75) is 105 Å². The Labute approximate surface area is 683 Å². The van der Waals surface area contributed by atoms with Crippen molar-refractivity contribution < 1.29 is 11.0 Å². The molecule has 2 aliphatic rings. The Morgan fingerprint density at radius 1 is 0.270 bits per heavy atom. The molecule has 0 aliphatic carbocycles. The topological polar surface area (TPSA) is 50.0 Å². The lowest BCUT2D eigenvalue weighted by molar-refractivity contribution is 0.590. The first-order chi connectivity index (χ1) is 58.8. The zero-order chi connectivity index (χ0) is 85.4. The van der Waals surface area contributed by atoms with E-state index in [9.17, 15) is 13.5 Å². The number of nitriles is 1. The second kappa shape index (κ2) is 25.3. The summed E-state index contributed by atoms with van der Waals surface area (Å²) in [5, 5.41) is 18.3. The fourth-order valence-electron chi connectivity index (χ4n) is 18.5. The summed E-state index contributed by atoms with van der Waals surface area (Å²) in [5.74, 6) is 0. The SMILES string of the molecule is [2H]c1c([2H])c([2H])c2c(c1[2H])c1c([2H])c([2H])c([2H])c([2H])c1n2-c1ccc2c(c1)N(c1cc(-c3ccccc3)cc(-c3ccccc3)c1)c1cc(-n3c4ccc(C(C)(C)C)cc4c4cc(C(C)(C)C)ccc43)cc3c1B2c1ccc(-n2c4ccc(C(C)(C)C)cc4c4cc(C(C)(C)C)ccc42)cc1N3c1ccc(C#N)c(-n2c3ccccc3c3ccccc32)c1. The van der Waals surface area contributed by atoms with Gasteiger partial charge in [0.2, 0.25) is 0 Å². The lowest BCUT2D eigenvalue weighted by Gasteiger charge is -2.45. The van der Waals surface area contributed by atoms with Crippen LogP contribution in [0.25, 0.3) is 132 Å². The molecule has 8 heteroatoms. The van der Waals surface area contributed by atoms with Crippen LogP contribution in [-0.2, 0) is 21.7 Å². The zero-order valence-corrected chi connectivity index (χ0v) is 66.6. The maximum Gasteiger partial charge on any atom is 0.252 e. The van der Waals surface area contributed by atoms with Crippen LogP contribution < -0.4 is 26.2 Å². The molecule has 7 nitrogen and oxygen atoms in total. The van der Waals surface area contributed by atoms with E-state index < -0.39 is 43.0 Å². The predicted octanol–water partition coefficient (Wildman–Crippen LogP) is 26.6. The summed E-state index contributed by atoms with van der Waals surface area (Å²) in [6.45, 7) is 26.7. The highest BCUT2D eigenvalue weighted by Gasteiger charge is 2.45. The van der Waals surface area contributed by atoms with Crippen molar-refractivity contribution in [2.24, 2.45) is 0 Å². The maximum absolute atomic E-state index is 11.7. The van der Waals surface area contributed by atoms with Crippen LogP contribution >= 0.6 is 0 Å². The van der Waals surface area contributed by atoms with Crippen molar-refractivity contribution in [3.8, 4) is 51.1 Å². The van der Waals surface area contributed by atoms with Crippen molar-refractivity contribution >= 4 is 144 Å². The molecule has 0 unspecified atom stereocenters. The molecule has 0 spiro atoms. The Bertz CT molecular complexity index is 7540. The van der Waals surface area contributed by atoms with Crippen molar-refractivity contribution in [2.75, 3.05) is 9.80 Å². The number of fused-ring (bicyclic) bond motifs is 16. The van der Waals surface area contributed by atoms with E-state index in [4.69, 9.17) is 2.74 Å². The third-order valence-electron chi connectivity index (χ3n) is 24.4. The van der Waals surface area contributed by atoms with E-state index in [-0.39, 0.29) is 55.6 Å². The molecule has 0 bridgehead atoms. The van der Waals surface area contributed by atoms with E-state index in [2.05, 4.69) is 355 Å². The van der Waals surface area contributed by atoms with Gasteiger partial charge in [0.1, 0.15) is 6.07 Å². The molecule has 0 radical (unpaired) electrons. The van der Waals surface area contributed by atoms with Crippen LogP contribution in [0.4, 0.5) is 34.1 Å². The number of hydrogen-bond donors (Lipinski definition) is 0. The summed E-state index contributed by atoms with van der Waals surface area (Å²) in [5.41, 5.74) is 25.1. The van der Waals surface area contributed by atoms with Crippen molar-refractivity contribution in [3.05, 3.63) is 343 Å². The second-order valence-corrected chi connectivity index (χ2v) is 35.6. The minimum Gasteiger partial charge on any atom is -0.311 e. The first-order valence-electron chi connectivity index (χ1n) is 43.9. The lowest BCUT2D eigenvalue weighted by Crippen LogP contribution is -2.61. The predicted molar refractivity (Wildman–Crippen MR) is 488 cm³/mol. The Kier molecular flexibility index (Phi) is 13.5. The van der Waals surface area contributed by atoms with Gasteiger partial charge >= 0.3 is 0 Å².